The van der Waals surface area contributed by atoms with Gasteiger partial charge in [0.25, 0.3) is 0 Å². The molecule has 20 heavy (non-hydrogen) atoms. The molecule has 1 aromatic rings. The molecule has 0 atom stereocenters. The molecular weight excluding hydrogens is 297 g/mol. The van der Waals surface area contributed by atoms with E-state index in [0.29, 0.717) is 10.8 Å². The fourth-order valence-electron chi connectivity index (χ4n) is 1.41. The summed E-state index contributed by atoms with van der Waals surface area (Å²) in [5.74, 6) is 0.213. The van der Waals surface area contributed by atoms with Crippen molar-refractivity contribution in [2.75, 3.05) is 25.0 Å². The van der Waals surface area contributed by atoms with Gasteiger partial charge in [-0.05, 0) is 6.92 Å². The highest BCUT2D eigenvalue weighted by Gasteiger charge is 2.36. The van der Waals surface area contributed by atoms with Crippen LogP contribution in [-0.2, 0) is 10.0 Å². The number of alkyl halides is 3. The molecule has 0 unspecified atom stereocenters. The summed E-state index contributed by atoms with van der Waals surface area (Å²) in [5.41, 5.74) is 0. The lowest BCUT2D eigenvalue weighted by molar-refractivity contribution is -0.135. The van der Waals surface area contributed by atoms with Crippen LogP contribution in [0.3, 0.4) is 0 Å². The van der Waals surface area contributed by atoms with E-state index in [4.69, 9.17) is 0 Å². The predicted octanol–water partition coefficient (Wildman–Crippen LogP) is 1.48. The van der Waals surface area contributed by atoms with Gasteiger partial charge in [0.05, 0.1) is 12.4 Å². The number of rotatable bonds is 6. The van der Waals surface area contributed by atoms with Crippen molar-refractivity contribution >= 4 is 16.0 Å². The van der Waals surface area contributed by atoms with Crippen LogP contribution in [0.25, 0.3) is 0 Å². The number of hydrogen-bond acceptors (Lipinski definition) is 5. The first kappa shape index (κ1) is 16.6. The maximum absolute atomic E-state index is 12.4. The van der Waals surface area contributed by atoms with Crippen molar-refractivity contribution in [2.24, 2.45) is 0 Å². The molecule has 1 rings (SSSR count). The summed E-state index contributed by atoms with van der Waals surface area (Å²) < 4.78 is 61.5. The van der Waals surface area contributed by atoms with Crippen molar-refractivity contribution in [2.45, 2.75) is 24.9 Å². The van der Waals surface area contributed by atoms with Gasteiger partial charge in [-0.2, -0.15) is 17.5 Å². The summed E-state index contributed by atoms with van der Waals surface area (Å²) in [5, 5.41) is 2.76. The maximum Gasteiger partial charge on any atom is 0.402 e. The molecule has 1 aromatic heterocycles. The Bertz CT molecular complexity index is 530. The van der Waals surface area contributed by atoms with Crippen molar-refractivity contribution in [3.05, 3.63) is 12.4 Å². The molecule has 1 heterocycles. The molecule has 114 valence electrons. The molecule has 0 radical (unpaired) electrons. The van der Waals surface area contributed by atoms with Gasteiger partial charge in [-0.15, -0.1) is 0 Å². The number of sulfonamides is 1. The minimum absolute atomic E-state index is 0.213. The SMILES string of the molecule is CCNc1ncc(S(=O)(=O)N(CC)CC(F)(F)F)cn1. The monoisotopic (exact) mass is 312 g/mol. The molecule has 1 N–H and O–H groups in total. The summed E-state index contributed by atoms with van der Waals surface area (Å²) in [7, 11) is -4.26. The first-order valence-corrected chi connectivity index (χ1v) is 7.27. The third-order valence-corrected chi connectivity index (χ3v) is 4.18. The van der Waals surface area contributed by atoms with E-state index in [1.54, 1.807) is 6.92 Å². The first-order chi connectivity index (χ1) is 9.20. The number of aromatic nitrogens is 2. The predicted molar refractivity (Wildman–Crippen MR) is 66.7 cm³/mol. The van der Waals surface area contributed by atoms with Crippen LogP contribution < -0.4 is 5.32 Å². The van der Waals surface area contributed by atoms with E-state index in [-0.39, 0.29) is 17.4 Å². The summed E-state index contributed by atoms with van der Waals surface area (Å²) >= 11 is 0. The highest BCUT2D eigenvalue weighted by molar-refractivity contribution is 7.89. The number of anilines is 1. The van der Waals surface area contributed by atoms with E-state index in [0.717, 1.165) is 12.4 Å². The quantitative estimate of drug-likeness (QED) is 0.861. The molecular formula is C10H15F3N4O2S. The second kappa shape index (κ2) is 6.35. The topological polar surface area (TPSA) is 75.2 Å². The van der Waals surface area contributed by atoms with Gasteiger partial charge in [-0.3, -0.25) is 0 Å². The smallest absolute Gasteiger partial charge is 0.355 e. The van der Waals surface area contributed by atoms with E-state index in [2.05, 4.69) is 15.3 Å². The molecule has 0 saturated heterocycles. The van der Waals surface area contributed by atoms with Crippen LogP contribution in [0.2, 0.25) is 0 Å². The average Bonchev–Trinajstić information content (AvgIpc) is 2.36. The van der Waals surface area contributed by atoms with Crippen LogP contribution in [0.4, 0.5) is 19.1 Å². The van der Waals surface area contributed by atoms with Gasteiger partial charge < -0.3 is 5.32 Å². The number of nitrogens with zero attached hydrogens (tertiary/aromatic N) is 3. The molecule has 0 saturated carbocycles. The zero-order chi connectivity index (χ0) is 15.4. The first-order valence-electron chi connectivity index (χ1n) is 5.83. The van der Waals surface area contributed by atoms with E-state index < -0.39 is 22.7 Å². The fourth-order valence-corrected chi connectivity index (χ4v) is 2.74. The third-order valence-electron chi connectivity index (χ3n) is 2.31. The number of hydrogen-bond donors (Lipinski definition) is 1. The average molecular weight is 312 g/mol. The van der Waals surface area contributed by atoms with Gasteiger partial charge in [-0.1, -0.05) is 6.92 Å². The van der Waals surface area contributed by atoms with E-state index in [1.165, 1.54) is 6.92 Å². The molecule has 0 aromatic carbocycles. The summed E-state index contributed by atoms with van der Waals surface area (Å²) in [6.45, 7) is 1.84. The van der Waals surface area contributed by atoms with Gasteiger partial charge in [0.1, 0.15) is 11.4 Å². The largest absolute Gasteiger partial charge is 0.402 e. The molecule has 10 heteroatoms. The second-order valence-electron chi connectivity index (χ2n) is 3.82. The van der Waals surface area contributed by atoms with E-state index in [1.807, 2.05) is 0 Å². The van der Waals surface area contributed by atoms with Gasteiger partial charge in [0.15, 0.2) is 0 Å². The summed E-state index contributed by atoms with van der Waals surface area (Å²) in [6.07, 6.45) is -2.63. The van der Waals surface area contributed by atoms with Crippen LogP contribution in [0.15, 0.2) is 17.3 Å². The standard InChI is InChI=1S/C10H15F3N4O2S/c1-3-14-9-15-5-8(6-16-9)20(18,19)17(4-2)7-10(11,12)13/h5-6H,3-4,7H2,1-2H3,(H,14,15,16). The molecule has 0 amide bonds. The molecule has 0 aliphatic rings. The Hall–Kier alpha value is -1.42. The lowest BCUT2D eigenvalue weighted by atomic mass is 10.6. The fraction of sp³-hybridized carbons (Fsp3) is 0.600. The number of halogens is 3. The zero-order valence-corrected chi connectivity index (χ0v) is 11.8. The minimum atomic E-state index is -4.60. The van der Waals surface area contributed by atoms with Crippen molar-refractivity contribution in [3.8, 4) is 0 Å². The Morgan fingerprint density at radius 1 is 1.25 bits per heavy atom. The molecule has 6 nitrogen and oxygen atoms in total. The van der Waals surface area contributed by atoms with Crippen molar-refractivity contribution < 1.29 is 21.6 Å². The Kier molecular flexibility index (Phi) is 5.28. The number of nitrogens with one attached hydrogen (secondary N) is 1. The van der Waals surface area contributed by atoms with Gasteiger partial charge >= 0.3 is 6.18 Å². The Balaban J connectivity index is 3.01. The third kappa shape index (κ3) is 4.30. The minimum Gasteiger partial charge on any atom is -0.355 e. The molecule has 0 aliphatic carbocycles. The maximum atomic E-state index is 12.4. The highest BCUT2D eigenvalue weighted by atomic mass is 32.2. The van der Waals surface area contributed by atoms with Crippen LogP contribution >= 0.6 is 0 Å². The van der Waals surface area contributed by atoms with Crippen LogP contribution in [-0.4, -0.2) is 48.5 Å². The van der Waals surface area contributed by atoms with Crippen molar-refractivity contribution in [1.29, 1.82) is 0 Å². The molecule has 0 fully saturated rings. The lowest BCUT2D eigenvalue weighted by Crippen LogP contribution is -2.38. The Labute approximate surface area is 115 Å². The van der Waals surface area contributed by atoms with Crippen LogP contribution in [0, 0.1) is 0 Å². The molecule has 0 aliphatic heterocycles. The molecule has 0 spiro atoms. The van der Waals surface area contributed by atoms with Crippen molar-refractivity contribution in [3.63, 3.8) is 0 Å². The van der Waals surface area contributed by atoms with E-state index in [9.17, 15) is 21.6 Å². The summed E-state index contributed by atoms with van der Waals surface area (Å²) in [4.78, 5) is 7.11. The highest BCUT2D eigenvalue weighted by Crippen LogP contribution is 2.21. The van der Waals surface area contributed by atoms with Gasteiger partial charge in [0, 0.05) is 13.1 Å². The van der Waals surface area contributed by atoms with E-state index >= 15 is 0 Å². The lowest BCUT2D eigenvalue weighted by Gasteiger charge is -2.21. The van der Waals surface area contributed by atoms with Crippen LogP contribution in [0.5, 0.6) is 0 Å². The summed E-state index contributed by atoms with van der Waals surface area (Å²) in [6, 6.07) is 0. The molecule has 0 bridgehead atoms. The van der Waals surface area contributed by atoms with Gasteiger partial charge in [0.2, 0.25) is 16.0 Å². The van der Waals surface area contributed by atoms with Crippen molar-refractivity contribution in [1.82, 2.24) is 14.3 Å². The normalized spacial score (nSPS) is 12.7. The zero-order valence-electron chi connectivity index (χ0n) is 11.0. The second-order valence-corrected chi connectivity index (χ2v) is 5.76. The Morgan fingerprint density at radius 2 is 1.80 bits per heavy atom. The van der Waals surface area contributed by atoms with Gasteiger partial charge in [-0.25, -0.2) is 18.4 Å². The van der Waals surface area contributed by atoms with Crippen LogP contribution in [0.1, 0.15) is 13.8 Å². The Morgan fingerprint density at radius 3 is 2.20 bits per heavy atom.